The minimum Gasteiger partial charge on any atom is -0.391 e. The number of hydrogen-bond donors (Lipinski definition) is 23. The molecule has 1 aliphatic heterocycles. The van der Waals surface area contributed by atoms with Gasteiger partial charge in [-0.1, -0.05) is 60.8 Å². The molecule has 0 radical (unpaired) electrons. The Bertz CT molecular complexity index is 3520. The van der Waals surface area contributed by atoms with Crippen molar-refractivity contribution < 1.29 is 128 Å². The number of aliphatic hydroxyl groups is 2. The van der Waals surface area contributed by atoms with Gasteiger partial charge in [0.25, 0.3) is 50.6 Å². The van der Waals surface area contributed by atoms with E-state index in [4.69, 9.17) is 0 Å². The average molecular weight is 1640 g/mol. The Morgan fingerprint density at radius 3 is 1.07 bits per heavy atom. The third kappa shape index (κ3) is 45.3. The van der Waals surface area contributed by atoms with Crippen molar-refractivity contribution in [2.45, 2.75) is 211 Å². The van der Waals surface area contributed by atoms with Gasteiger partial charge < -0.3 is 95.3 Å². The van der Waals surface area contributed by atoms with Crippen LogP contribution in [0.15, 0.2) is 0 Å². The molecule has 1 saturated heterocycles. The second kappa shape index (κ2) is 48.2. The van der Waals surface area contributed by atoms with E-state index in [9.17, 15) is 128 Å². The SMILES string of the molecule is CCC(C)CCCCC(=O)N[C@@H](CCNCS(=O)(=O)O)C(=O)N[C@H](C(=O)N[C@@H](CCNCS(=O)(=O)O)C(=O)NCC[C@@H]1NC(=O)[C@H]([C@@H](C)O)NC(=O)[C@H](CCNCS(=O)(=O)O)NC(=O)[C@H](CCNCS(=O)(=O)O)NC(=O)[C@H](CC(C)C)NC(=O)[C@@H](CC(C)C)NC(=O)[C@H](CCNCS(=O)(=O)O)NC1=O)[C@@H](C)O. The van der Waals surface area contributed by atoms with Gasteiger partial charge in [-0.3, -0.25) is 75.5 Å². The minimum atomic E-state index is -4.73. The van der Waals surface area contributed by atoms with Crippen molar-refractivity contribution in [2.24, 2.45) is 17.8 Å². The van der Waals surface area contributed by atoms with E-state index in [0.29, 0.717) is 18.8 Å². The summed E-state index contributed by atoms with van der Waals surface area (Å²) in [5.74, 6) is -18.8. The van der Waals surface area contributed by atoms with Gasteiger partial charge in [0, 0.05) is 13.0 Å². The van der Waals surface area contributed by atoms with Crippen molar-refractivity contribution >= 4 is 116 Å². The summed E-state index contributed by atoms with van der Waals surface area (Å²) in [7, 11) is -23.4. The number of amides is 11. The number of unbranched alkanes of at least 4 members (excludes halogenated alkanes) is 1. The number of carbonyl (C=O) groups is 11. The zero-order valence-corrected chi connectivity index (χ0v) is 65.0. The predicted octanol–water partition coefficient (Wildman–Crippen LogP) is -8.06. The fourth-order valence-corrected chi connectivity index (χ4v) is 12.2. The summed E-state index contributed by atoms with van der Waals surface area (Å²) < 4.78 is 163. The zero-order valence-electron chi connectivity index (χ0n) is 60.9. The topological polar surface area (TPSA) is 693 Å². The van der Waals surface area contributed by atoms with Crippen LogP contribution < -0.4 is 85.1 Å². The predicted molar refractivity (Wildman–Crippen MR) is 382 cm³/mol. The van der Waals surface area contributed by atoms with E-state index >= 15 is 0 Å². The molecule has 0 aromatic heterocycles. The van der Waals surface area contributed by atoms with Crippen LogP contribution in [0.4, 0.5) is 0 Å². The Labute approximate surface area is 623 Å². The Kier molecular flexibility index (Phi) is 44.3. The summed E-state index contributed by atoms with van der Waals surface area (Å²) in [5, 5.41) is 59.8. The lowest BCUT2D eigenvalue weighted by Gasteiger charge is -2.29. The summed E-state index contributed by atoms with van der Waals surface area (Å²) in [4.78, 5) is 157. The Morgan fingerprint density at radius 2 is 0.720 bits per heavy atom. The zero-order chi connectivity index (χ0) is 81.8. The molecule has 0 bridgehead atoms. The first-order valence-corrected chi connectivity index (χ1v) is 42.4. The summed E-state index contributed by atoms with van der Waals surface area (Å²) in [6.07, 6.45) is -5.03. The number of rotatable bonds is 46. The van der Waals surface area contributed by atoms with Crippen LogP contribution in [-0.4, -0.2) is 281 Å². The van der Waals surface area contributed by atoms with Crippen molar-refractivity contribution in [1.29, 1.82) is 0 Å². The smallest absolute Gasteiger partial charge is 0.278 e. The van der Waals surface area contributed by atoms with E-state index in [1.165, 1.54) is 0 Å². The highest BCUT2D eigenvalue weighted by atomic mass is 32.2. The molecule has 49 heteroatoms. The molecule has 1 fully saturated rings. The van der Waals surface area contributed by atoms with Crippen LogP contribution in [0.5, 0.6) is 0 Å². The van der Waals surface area contributed by atoms with Crippen LogP contribution in [0.25, 0.3) is 0 Å². The highest BCUT2D eigenvalue weighted by Gasteiger charge is 2.39. The van der Waals surface area contributed by atoms with Crippen LogP contribution in [0, 0.1) is 17.8 Å². The van der Waals surface area contributed by atoms with Crippen molar-refractivity contribution in [3.8, 4) is 0 Å². The van der Waals surface area contributed by atoms with Crippen molar-refractivity contribution in [3.63, 3.8) is 0 Å². The number of nitrogens with one attached hydrogen (secondary N) is 16. The molecule has 620 valence electrons. The maximum Gasteiger partial charge on any atom is 0.278 e. The quantitative estimate of drug-likeness (QED) is 0.0199. The summed E-state index contributed by atoms with van der Waals surface area (Å²) in [5.41, 5.74) is 0. The third-order valence-corrected chi connectivity index (χ3v) is 18.7. The molecule has 1 unspecified atom stereocenters. The van der Waals surface area contributed by atoms with Gasteiger partial charge in [0.2, 0.25) is 65.0 Å². The number of carbonyl (C=O) groups excluding carboxylic acids is 11. The molecule has 13 atom stereocenters. The van der Waals surface area contributed by atoms with Gasteiger partial charge in [0.15, 0.2) is 0 Å². The summed E-state index contributed by atoms with van der Waals surface area (Å²) in [6.45, 7) is 9.39. The van der Waals surface area contributed by atoms with E-state index in [2.05, 4.69) is 85.1 Å². The molecule has 0 aliphatic carbocycles. The lowest BCUT2D eigenvalue weighted by atomic mass is 9.99. The number of aliphatic hydroxyl groups excluding tert-OH is 2. The van der Waals surface area contributed by atoms with Crippen LogP contribution in [0.3, 0.4) is 0 Å². The molecule has 0 aromatic carbocycles. The van der Waals surface area contributed by atoms with Gasteiger partial charge in [-0.05, 0) is 122 Å². The molecular formula is C58H110N16O28S5. The fraction of sp³-hybridized carbons (Fsp3) is 0.810. The molecule has 1 heterocycles. The maximum atomic E-state index is 14.8. The van der Waals surface area contributed by atoms with Crippen LogP contribution in [0.1, 0.15) is 139 Å². The standard InChI is InChI=1S/C58H110N16O28S5/c1-9-35(6)12-10-11-13-46(77)65-39(15-21-60-29-104(91,92)93)53(82)73-47(36(7)75)57(86)69-38(14-20-59-28-103(88,89)90)49(78)64-25-19-43-51(80)66-41(17-23-62-31-106(97,98)99)52(81)71-45(27-34(4)5)56(85)72-44(26-33(2)3)55(84)68-40(16-22-61-30-105(94,95)96)50(79)67-42(18-24-63-32-107(100,101)102)54(83)74-48(37(8)76)58(87)70-43/h33-45,47-48,59-63,75-76H,9-32H2,1-8H3,(H,64,78)(H,65,77)(H,66,80)(H,67,79)(H,68,84)(H,69,86)(H,70,87)(H,71,81)(H,72,85)(H,73,82)(H,74,83)(H,88,89,90)(H,91,92,93)(H,94,95,96)(H,97,98,99)(H,100,101,102)/t35?,36-,37-,38+,39+,40+,41+,42+,43+,44+,45-,47+,48+/m1/s1. The molecule has 0 aromatic rings. The van der Waals surface area contributed by atoms with Crippen molar-refractivity contribution in [3.05, 3.63) is 0 Å². The Morgan fingerprint density at radius 1 is 0.393 bits per heavy atom. The second-order valence-corrected chi connectivity index (χ2v) is 33.9. The largest absolute Gasteiger partial charge is 0.391 e. The van der Waals surface area contributed by atoms with E-state index in [1.807, 2.05) is 13.8 Å². The first-order valence-electron chi connectivity index (χ1n) is 34.4. The van der Waals surface area contributed by atoms with Crippen LogP contribution >= 0.6 is 0 Å². The molecule has 0 spiro atoms. The summed E-state index contributed by atoms with van der Waals surface area (Å²) >= 11 is 0. The average Bonchev–Trinajstić information content (AvgIpc) is 1.45. The molecular weight excluding hydrogens is 1530 g/mol. The van der Waals surface area contributed by atoms with Crippen molar-refractivity contribution in [1.82, 2.24) is 85.1 Å². The molecule has 23 N–H and O–H groups in total. The van der Waals surface area contributed by atoms with E-state index < -0.39 is 294 Å². The van der Waals surface area contributed by atoms with Crippen molar-refractivity contribution in [2.75, 3.05) is 68.7 Å². The first kappa shape index (κ1) is 98.4. The maximum absolute atomic E-state index is 14.8. The minimum absolute atomic E-state index is 0.0647. The van der Waals surface area contributed by atoms with Crippen LogP contribution in [-0.2, 0) is 103 Å². The normalized spacial score (nSPS) is 21.3. The first-order chi connectivity index (χ1) is 49.4. The van der Waals surface area contributed by atoms with Crippen LogP contribution in [0.2, 0.25) is 0 Å². The van der Waals surface area contributed by atoms with Gasteiger partial charge in [0.1, 0.15) is 89.8 Å². The van der Waals surface area contributed by atoms with Gasteiger partial charge in [0.05, 0.1) is 12.2 Å². The fourth-order valence-electron chi connectivity index (χ4n) is 10.2. The number of hydrogen-bond acceptors (Lipinski definition) is 28. The second-order valence-electron chi connectivity index (χ2n) is 26.7. The van der Waals surface area contributed by atoms with E-state index in [1.54, 1.807) is 27.7 Å². The van der Waals surface area contributed by atoms with Gasteiger partial charge in [-0.25, -0.2) is 0 Å². The van der Waals surface area contributed by atoms with Gasteiger partial charge in [-0.2, -0.15) is 42.1 Å². The Hall–Kier alpha value is -6.56. The molecule has 107 heavy (non-hydrogen) atoms. The molecule has 44 nitrogen and oxygen atoms in total. The van der Waals surface area contributed by atoms with Gasteiger partial charge >= 0.3 is 0 Å². The lowest BCUT2D eigenvalue weighted by Crippen LogP contribution is -2.62. The molecule has 1 aliphatic rings. The monoisotopic (exact) mass is 1640 g/mol. The third-order valence-electron chi connectivity index (χ3n) is 15.9. The highest BCUT2D eigenvalue weighted by molar-refractivity contribution is 7.86. The molecule has 11 amide bonds. The molecule has 0 saturated carbocycles. The summed E-state index contributed by atoms with van der Waals surface area (Å²) in [6, 6.07) is -18.3. The Balaban J connectivity index is 4.22. The lowest BCUT2D eigenvalue weighted by molar-refractivity contribution is -0.137. The molecule has 1 rings (SSSR count). The van der Waals surface area contributed by atoms with Gasteiger partial charge in [-0.15, -0.1) is 0 Å². The highest BCUT2D eigenvalue weighted by Crippen LogP contribution is 2.15. The van der Waals surface area contributed by atoms with E-state index in [0.717, 1.165) is 26.7 Å². The van der Waals surface area contributed by atoms with E-state index in [-0.39, 0.29) is 32.2 Å².